The molecule has 0 aliphatic heterocycles. The molecule has 4 nitrogen and oxygen atoms in total. The summed E-state index contributed by atoms with van der Waals surface area (Å²) in [5.41, 5.74) is 7.83. The van der Waals surface area contributed by atoms with Crippen molar-refractivity contribution >= 4 is 11.6 Å². The van der Waals surface area contributed by atoms with Crippen molar-refractivity contribution < 1.29 is 9.90 Å². The summed E-state index contributed by atoms with van der Waals surface area (Å²) in [6, 6.07) is 15.7. The van der Waals surface area contributed by atoms with E-state index in [1.54, 1.807) is 29.2 Å². The Labute approximate surface area is 124 Å². The van der Waals surface area contributed by atoms with E-state index in [2.05, 4.69) is 0 Å². The van der Waals surface area contributed by atoms with Crippen LogP contribution in [0.15, 0.2) is 54.6 Å². The SMILES string of the molecule is CCN(C(=O)C(N)Cc1ccc(O)cc1)c1ccccc1. The number of carbonyl (C=O) groups excluding carboxylic acids is 1. The number of phenols is 1. The van der Waals surface area contributed by atoms with Gasteiger partial charge in [-0.05, 0) is 43.2 Å². The summed E-state index contributed by atoms with van der Waals surface area (Å²) in [4.78, 5) is 14.2. The van der Waals surface area contributed by atoms with Crippen molar-refractivity contribution in [3.63, 3.8) is 0 Å². The molecule has 4 heteroatoms. The molecule has 3 N–H and O–H groups in total. The number of rotatable bonds is 5. The molecule has 0 aromatic heterocycles. The number of nitrogens with two attached hydrogens (primary N) is 1. The second-order valence-electron chi connectivity index (χ2n) is 4.90. The van der Waals surface area contributed by atoms with Gasteiger partial charge in [0.15, 0.2) is 0 Å². The highest BCUT2D eigenvalue weighted by Gasteiger charge is 2.21. The quantitative estimate of drug-likeness (QED) is 0.885. The minimum atomic E-state index is -0.602. The van der Waals surface area contributed by atoms with Crippen LogP contribution >= 0.6 is 0 Å². The summed E-state index contributed by atoms with van der Waals surface area (Å²) in [7, 11) is 0. The first-order chi connectivity index (χ1) is 10.1. The van der Waals surface area contributed by atoms with E-state index in [1.165, 1.54) is 0 Å². The highest BCUT2D eigenvalue weighted by Crippen LogP contribution is 2.16. The third-order valence-electron chi connectivity index (χ3n) is 3.36. The molecule has 0 fully saturated rings. The van der Waals surface area contributed by atoms with Gasteiger partial charge in [0.25, 0.3) is 0 Å². The summed E-state index contributed by atoms with van der Waals surface area (Å²) < 4.78 is 0. The molecule has 21 heavy (non-hydrogen) atoms. The van der Waals surface area contributed by atoms with Gasteiger partial charge in [0.05, 0.1) is 6.04 Å². The molecule has 1 atom stereocenters. The number of para-hydroxylation sites is 1. The van der Waals surface area contributed by atoms with Gasteiger partial charge in [0.2, 0.25) is 5.91 Å². The van der Waals surface area contributed by atoms with Crippen LogP contribution < -0.4 is 10.6 Å². The standard InChI is InChI=1S/C17H20N2O2/c1-2-19(14-6-4-3-5-7-14)17(21)16(18)12-13-8-10-15(20)11-9-13/h3-11,16,20H,2,12,18H2,1H3. The van der Waals surface area contributed by atoms with Gasteiger partial charge < -0.3 is 15.7 Å². The summed E-state index contributed by atoms with van der Waals surface area (Å²) in [6.45, 7) is 2.50. The molecule has 0 spiro atoms. The molecule has 1 unspecified atom stereocenters. The lowest BCUT2D eigenvalue weighted by Gasteiger charge is -2.24. The van der Waals surface area contributed by atoms with Gasteiger partial charge in [-0.3, -0.25) is 4.79 Å². The Hall–Kier alpha value is -2.33. The van der Waals surface area contributed by atoms with Crippen LogP contribution in [-0.4, -0.2) is 23.6 Å². The predicted octanol–water partition coefficient (Wildman–Crippen LogP) is 2.32. The lowest BCUT2D eigenvalue weighted by Crippen LogP contribution is -2.45. The number of nitrogens with zero attached hydrogens (tertiary/aromatic N) is 1. The lowest BCUT2D eigenvalue weighted by atomic mass is 10.0. The van der Waals surface area contributed by atoms with Gasteiger partial charge in [-0.25, -0.2) is 0 Å². The van der Waals surface area contributed by atoms with Crippen LogP contribution in [0.3, 0.4) is 0 Å². The summed E-state index contributed by atoms with van der Waals surface area (Å²) in [5, 5.41) is 9.27. The Balaban J connectivity index is 2.08. The number of aromatic hydroxyl groups is 1. The number of hydrogen-bond donors (Lipinski definition) is 2. The molecule has 0 bridgehead atoms. The van der Waals surface area contributed by atoms with Crippen LogP contribution in [0.2, 0.25) is 0 Å². The van der Waals surface area contributed by atoms with Crippen LogP contribution in [0.25, 0.3) is 0 Å². The molecule has 2 rings (SSSR count). The van der Waals surface area contributed by atoms with E-state index in [4.69, 9.17) is 5.73 Å². The minimum absolute atomic E-state index is 0.100. The van der Waals surface area contributed by atoms with Gasteiger partial charge in [-0.1, -0.05) is 30.3 Å². The van der Waals surface area contributed by atoms with Crippen LogP contribution in [-0.2, 0) is 11.2 Å². The van der Waals surface area contributed by atoms with Gasteiger partial charge in [-0.15, -0.1) is 0 Å². The Bertz CT molecular complexity index is 581. The number of carbonyl (C=O) groups is 1. The number of likely N-dealkylation sites (N-methyl/N-ethyl adjacent to an activating group) is 1. The van der Waals surface area contributed by atoms with Crippen molar-refractivity contribution in [2.24, 2.45) is 5.73 Å². The molecule has 0 saturated heterocycles. The Morgan fingerprint density at radius 2 is 1.76 bits per heavy atom. The zero-order valence-corrected chi connectivity index (χ0v) is 12.1. The normalized spacial score (nSPS) is 11.9. The van der Waals surface area contributed by atoms with E-state index in [0.29, 0.717) is 13.0 Å². The van der Waals surface area contributed by atoms with E-state index >= 15 is 0 Å². The van der Waals surface area contributed by atoms with Crippen molar-refractivity contribution in [3.8, 4) is 5.75 Å². The average molecular weight is 284 g/mol. The lowest BCUT2D eigenvalue weighted by molar-refractivity contribution is -0.119. The van der Waals surface area contributed by atoms with Crippen LogP contribution in [0, 0.1) is 0 Å². The maximum atomic E-state index is 12.5. The topological polar surface area (TPSA) is 66.6 Å². The van der Waals surface area contributed by atoms with Crippen molar-refractivity contribution in [2.75, 3.05) is 11.4 Å². The molecule has 110 valence electrons. The molecule has 0 saturated carbocycles. The van der Waals surface area contributed by atoms with Crippen molar-refractivity contribution in [2.45, 2.75) is 19.4 Å². The third kappa shape index (κ3) is 3.83. The van der Waals surface area contributed by atoms with E-state index in [9.17, 15) is 9.90 Å². The highest BCUT2D eigenvalue weighted by molar-refractivity contribution is 5.97. The first-order valence-electron chi connectivity index (χ1n) is 7.01. The second-order valence-corrected chi connectivity index (χ2v) is 4.90. The molecule has 2 aromatic carbocycles. The fraction of sp³-hybridized carbons (Fsp3) is 0.235. The van der Waals surface area contributed by atoms with E-state index in [0.717, 1.165) is 11.3 Å². The maximum Gasteiger partial charge on any atom is 0.244 e. The monoisotopic (exact) mass is 284 g/mol. The fourth-order valence-electron chi connectivity index (χ4n) is 2.25. The smallest absolute Gasteiger partial charge is 0.244 e. The number of hydrogen-bond acceptors (Lipinski definition) is 3. The Morgan fingerprint density at radius 1 is 1.14 bits per heavy atom. The summed E-state index contributed by atoms with van der Waals surface area (Å²) >= 11 is 0. The Morgan fingerprint density at radius 3 is 2.33 bits per heavy atom. The molecule has 0 heterocycles. The number of anilines is 1. The van der Waals surface area contributed by atoms with Gasteiger partial charge in [0.1, 0.15) is 5.75 Å². The maximum absolute atomic E-state index is 12.5. The second kappa shape index (κ2) is 6.90. The highest BCUT2D eigenvalue weighted by atomic mass is 16.3. The molecule has 0 aliphatic carbocycles. The zero-order chi connectivity index (χ0) is 15.2. The van der Waals surface area contributed by atoms with E-state index < -0.39 is 6.04 Å². The summed E-state index contributed by atoms with van der Waals surface area (Å²) in [6.07, 6.45) is 0.447. The zero-order valence-electron chi connectivity index (χ0n) is 12.1. The minimum Gasteiger partial charge on any atom is -0.508 e. The van der Waals surface area contributed by atoms with Crippen molar-refractivity contribution in [1.29, 1.82) is 0 Å². The molecule has 0 aliphatic rings. The largest absolute Gasteiger partial charge is 0.508 e. The van der Waals surface area contributed by atoms with Crippen LogP contribution in [0.1, 0.15) is 12.5 Å². The first-order valence-corrected chi connectivity index (χ1v) is 7.01. The van der Waals surface area contributed by atoms with Crippen molar-refractivity contribution in [1.82, 2.24) is 0 Å². The van der Waals surface area contributed by atoms with Crippen molar-refractivity contribution in [3.05, 3.63) is 60.2 Å². The molecular weight excluding hydrogens is 264 g/mol. The molecule has 2 aromatic rings. The van der Waals surface area contributed by atoms with E-state index in [1.807, 2.05) is 37.3 Å². The van der Waals surface area contributed by atoms with E-state index in [-0.39, 0.29) is 11.7 Å². The Kier molecular flexibility index (Phi) is 4.95. The fourth-order valence-corrected chi connectivity index (χ4v) is 2.25. The number of benzene rings is 2. The number of phenolic OH excluding ortho intramolecular Hbond substituents is 1. The summed E-state index contributed by atoms with van der Waals surface area (Å²) in [5.74, 6) is 0.106. The predicted molar refractivity (Wildman–Crippen MR) is 84.3 cm³/mol. The average Bonchev–Trinajstić information content (AvgIpc) is 2.51. The third-order valence-corrected chi connectivity index (χ3v) is 3.36. The van der Waals surface area contributed by atoms with Gasteiger partial charge in [0, 0.05) is 12.2 Å². The molecule has 1 amide bonds. The van der Waals surface area contributed by atoms with Gasteiger partial charge in [-0.2, -0.15) is 0 Å². The molecular formula is C17H20N2O2. The van der Waals surface area contributed by atoms with Gasteiger partial charge >= 0.3 is 0 Å². The molecule has 0 radical (unpaired) electrons. The van der Waals surface area contributed by atoms with Crippen LogP contribution in [0.5, 0.6) is 5.75 Å². The first kappa shape index (κ1) is 15.1. The van der Waals surface area contributed by atoms with Crippen LogP contribution in [0.4, 0.5) is 5.69 Å². The number of amides is 1.